The fourth-order valence-corrected chi connectivity index (χ4v) is 8.46. The van der Waals surface area contributed by atoms with Gasteiger partial charge in [-0.2, -0.15) is 0 Å². The molecule has 0 bridgehead atoms. The number of hydrogen-bond acceptors (Lipinski definition) is 7. The summed E-state index contributed by atoms with van der Waals surface area (Å²) in [7, 11) is 5.95. The zero-order chi connectivity index (χ0) is 61.2. The summed E-state index contributed by atoms with van der Waals surface area (Å²) in [4.78, 5) is 37.5. The number of quaternary nitrogens is 1. The molecule has 0 aliphatic heterocycles. The number of rotatable bonds is 59. The van der Waals surface area contributed by atoms with E-state index in [1.165, 1.54) is 70.6 Å². The second-order valence-electron chi connectivity index (χ2n) is 22.7. The topological polar surface area (TPSA) is 108 Å². The number of allylic oxidation sites excluding steroid dienone is 26. The average molecular weight is 1170 g/mol. The number of carboxylic acids is 1. The first kappa shape index (κ1) is 78.9. The van der Waals surface area contributed by atoms with Crippen LogP contribution in [-0.4, -0.2) is 87.4 Å². The molecule has 9 nitrogen and oxygen atoms in total. The van der Waals surface area contributed by atoms with Gasteiger partial charge >= 0.3 is 17.9 Å². The molecule has 1 N–H and O–H groups in total. The third-order valence-electron chi connectivity index (χ3n) is 13.5. The summed E-state index contributed by atoms with van der Waals surface area (Å²) in [5.74, 6) is -2.04. The van der Waals surface area contributed by atoms with Crippen molar-refractivity contribution >= 4 is 17.9 Å². The summed E-state index contributed by atoms with van der Waals surface area (Å²) >= 11 is 0. The summed E-state index contributed by atoms with van der Waals surface area (Å²) in [6.07, 6.45) is 91.9. The molecule has 0 amide bonds. The predicted molar refractivity (Wildman–Crippen MR) is 359 cm³/mol. The van der Waals surface area contributed by atoms with Crippen molar-refractivity contribution in [2.24, 2.45) is 0 Å². The molecule has 0 aromatic heterocycles. The van der Waals surface area contributed by atoms with Crippen LogP contribution < -0.4 is 0 Å². The molecule has 0 aromatic carbocycles. The van der Waals surface area contributed by atoms with Crippen LogP contribution in [0.25, 0.3) is 0 Å². The van der Waals surface area contributed by atoms with Crippen molar-refractivity contribution < 1.29 is 42.9 Å². The van der Waals surface area contributed by atoms with Gasteiger partial charge in [-0.05, 0) is 128 Å². The number of carboxylic acid groups (broad SMARTS) is 1. The lowest BCUT2D eigenvalue weighted by molar-refractivity contribution is -0.870. The Bertz CT molecular complexity index is 1930. The molecule has 0 heterocycles. The number of likely N-dealkylation sites (N-methyl/N-ethyl adjacent to an activating group) is 1. The van der Waals surface area contributed by atoms with E-state index in [1.807, 2.05) is 21.1 Å². The van der Waals surface area contributed by atoms with Crippen LogP contribution in [0.5, 0.6) is 0 Å². The number of aliphatic carboxylic acids is 1. The molecule has 0 saturated carbocycles. The number of esters is 2. The summed E-state index contributed by atoms with van der Waals surface area (Å²) in [5.41, 5.74) is 0. The number of hydrogen-bond donors (Lipinski definition) is 1. The molecule has 0 spiro atoms. The fourth-order valence-electron chi connectivity index (χ4n) is 8.46. The van der Waals surface area contributed by atoms with Crippen LogP contribution in [0.3, 0.4) is 0 Å². The molecule has 0 aliphatic rings. The van der Waals surface area contributed by atoms with Crippen molar-refractivity contribution in [3.8, 4) is 0 Å². The van der Waals surface area contributed by atoms with Crippen LogP contribution >= 0.6 is 0 Å². The zero-order valence-electron chi connectivity index (χ0n) is 54.0. The molecule has 0 radical (unpaired) electrons. The first-order valence-electron chi connectivity index (χ1n) is 33.1. The smallest absolute Gasteiger partial charge is 0.361 e. The summed E-state index contributed by atoms with van der Waals surface area (Å²) in [6, 6.07) is 0. The maximum atomic E-state index is 12.9. The highest BCUT2D eigenvalue weighted by Gasteiger charge is 2.25. The van der Waals surface area contributed by atoms with Crippen molar-refractivity contribution in [1.29, 1.82) is 0 Å². The van der Waals surface area contributed by atoms with Crippen LogP contribution in [0.4, 0.5) is 0 Å². The molecule has 0 aliphatic carbocycles. The molecule has 2 unspecified atom stereocenters. The van der Waals surface area contributed by atoms with Gasteiger partial charge in [-0.1, -0.05) is 255 Å². The Morgan fingerprint density at radius 2 is 0.679 bits per heavy atom. The van der Waals surface area contributed by atoms with Crippen LogP contribution in [0.2, 0.25) is 0 Å². The Hall–Kier alpha value is -5.09. The van der Waals surface area contributed by atoms with E-state index < -0.39 is 24.3 Å². The van der Waals surface area contributed by atoms with Crippen molar-refractivity contribution in [3.05, 3.63) is 158 Å². The third kappa shape index (κ3) is 64.5. The SMILES string of the molecule is CC/C=C\C/C=C\C/C=C\C/C=C\C/C=C\C/C=C\C/C=C\C/C=C\C/C=C\C/C=C\C/C=C\CCCCCCCCCC(=O)OC(COC(=O)CCCCCCCCC/C=C\C/C=C\CCCCCC)COC(OCC[N+](C)(C)C)C(=O)O. The van der Waals surface area contributed by atoms with E-state index in [1.54, 1.807) is 0 Å². The zero-order valence-corrected chi connectivity index (χ0v) is 54.0. The molecular weight excluding hydrogens is 1040 g/mol. The van der Waals surface area contributed by atoms with E-state index in [4.69, 9.17) is 18.9 Å². The molecule has 2 atom stereocenters. The van der Waals surface area contributed by atoms with Gasteiger partial charge in [0.25, 0.3) is 6.29 Å². The first-order chi connectivity index (χ1) is 41.1. The van der Waals surface area contributed by atoms with Crippen LogP contribution in [0, 0.1) is 0 Å². The molecule has 0 aromatic rings. The first-order valence-corrected chi connectivity index (χ1v) is 33.1. The third-order valence-corrected chi connectivity index (χ3v) is 13.5. The number of carbonyl (C=O) groups excluding carboxylic acids is 2. The summed E-state index contributed by atoms with van der Waals surface area (Å²) in [6.45, 7) is 4.71. The van der Waals surface area contributed by atoms with Crippen LogP contribution in [0.15, 0.2) is 158 Å². The Balaban J connectivity index is 4.21. The molecule has 0 rings (SSSR count). The molecule has 0 saturated heterocycles. The Kier molecular flexibility index (Phi) is 60.0. The van der Waals surface area contributed by atoms with Gasteiger partial charge in [0.1, 0.15) is 13.2 Å². The lowest BCUT2D eigenvalue weighted by Crippen LogP contribution is -2.40. The molecule has 474 valence electrons. The summed E-state index contributed by atoms with van der Waals surface area (Å²) < 4.78 is 22.9. The highest BCUT2D eigenvalue weighted by molar-refractivity contribution is 5.71. The van der Waals surface area contributed by atoms with E-state index in [2.05, 4.69) is 172 Å². The second kappa shape index (κ2) is 63.9. The normalized spacial score (nSPS) is 13.8. The molecule has 0 fully saturated rings. The second-order valence-corrected chi connectivity index (χ2v) is 22.7. The van der Waals surface area contributed by atoms with Gasteiger partial charge in [-0.3, -0.25) is 9.59 Å². The Morgan fingerprint density at radius 3 is 1.01 bits per heavy atom. The lowest BCUT2D eigenvalue weighted by atomic mass is 10.1. The van der Waals surface area contributed by atoms with Crippen molar-refractivity contribution in [2.75, 3.05) is 47.5 Å². The van der Waals surface area contributed by atoms with Gasteiger partial charge in [-0.25, -0.2) is 4.79 Å². The van der Waals surface area contributed by atoms with Crippen LogP contribution in [0.1, 0.15) is 239 Å². The summed E-state index contributed by atoms with van der Waals surface area (Å²) in [5, 5.41) is 9.72. The van der Waals surface area contributed by atoms with E-state index in [0.29, 0.717) is 17.4 Å². The number of unbranched alkanes of at least 4 members (excludes halogenated alkanes) is 18. The van der Waals surface area contributed by atoms with Crippen molar-refractivity contribution in [1.82, 2.24) is 0 Å². The molecule has 84 heavy (non-hydrogen) atoms. The van der Waals surface area contributed by atoms with E-state index in [-0.39, 0.29) is 38.6 Å². The minimum absolute atomic E-state index is 0.176. The fraction of sp³-hybridized carbons (Fsp3) is 0.613. The monoisotopic (exact) mass is 1160 g/mol. The van der Waals surface area contributed by atoms with Gasteiger partial charge in [-0.15, -0.1) is 0 Å². The molecule has 9 heteroatoms. The number of nitrogens with zero attached hydrogens (tertiary/aromatic N) is 1. The lowest BCUT2D eigenvalue weighted by Gasteiger charge is -2.25. The van der Waals surface area contributed by atoms with Gasteiger partial charge in [0.2, 0.25) is 0 Å². The standard InChI is InChI=1S/C75H121NO8/c1-6-8-10-12-14-16-18-20-22-24-26-27-28-29-30-31-32-33-34-35-36-37-38-39-40-41-42-43-44-45-46-47-48-50-52-54-56-58-60-62-64-66-73(78)84-71(70-83-75(74(79)80)81-68-67-76(3,4)5)69-82-72(77)65-63-61-59-57-55-53-51-49-25-23-21-19-17-15-13-11-9-7-2/h8,10,14,16-17,19-20,22-23,25-27,29-30,32-33,35-36,38-39,41-42,44-45,47-48,71,75H,6-7,9,11-13,15,18,21,24,28,31,34,37,40,43,46,49-70H2,1-5H3/p+1/b10-8-,16-14-,19-17-,22-20-,25-23-,27-26-,30-29-,33-32-,36-35-,39-38-,42-41-,45-44-,48-47-. The van der Waals surface area contributed by atoms with E-state index in [0.717, 1.165) is 135 Å². The Labute approximate surface area is 514 Å². The van der Waals surface area contributed by atoms with Gasteiger partial charge < -0.3 is 28.5 Å². The molecular formula is C75H122NO8+. The number of carbonyl (C=O) groups is 3. The largest absolute Gasteiger partial charge is 0.477 e. The van der Waals surface area contributed by atoms with Gasteiger partial charge in [0, 0.05) is 12.8 Å². The van der Waals surface area contributed by atoms with Crippen molar-refractivity contribution in [2.45, 2.75) is 251 Å². The average Bonchev–Trinajstić information content (AvgIpc) is 3.52. The predicted octanol–water partition coefficient (Wildman–Crippen LogP) is 20.5. The van der Waals surface area contributed by atoms with Gasteiger partial charge in [0.15, 0.2) is 6.10 Å². The van der Waals surface area contributed by atoms with E-state index >= 15 is 0 Å². The van der Waals surface area contributed by atoms with E-state index in [9.17, 15) is 19.5 Å². The maximum absolute atomic E-state index is 12.9. The van der Waals surface area contributed by atoms with Gasteiger partial charge in [0.05, 0.1) is 34.4 Å². The Morgan fingerprint density at radius 1 is 0.369 bits per heavy atom. The number of ether oxygens (including phenoxy) is 4. The quantitative estimate of drug-likeness (QED) is 0.0211. The highest BCUT2D eigenvalue weighted by atomic mass is 16.7. The van der Waals surface area contributed by atoms with Crippen molar-refractivity contribution in [3.63, 3.8) is 0 Å². The highest BCUT2D eigenvalue weighted by Crippen LogP contribution is 2.14. The maximum Gasteiger partial charge on any atom is 0.361 e. The van der Waals surface area contributed by atoms with Crippen LogP contribution in [-0.2, 0) is 33.3 Å². The minimum Gasteiger partial charge on any atom is -0.477 e. The minimum atomic E-state index is -1.53.